The molecule has 1 aromatic carbocycles. The van der Waals surface area contributed by atoms with E-state index in [9.17, 15) is 9.59 Å². The molecular weight excluding hydrogens is 352 g/mol. The molecule has 0 aliphatic heterocycles. The van der Waals surface area contributed by atoms with E-state index in [1.54, 1.807) is 48.7 Å². The lowest BCUT2D eigenvalue weighted by Crippen LogP contribution is -2.15. The average Bonchev–Trinajstić information content (AvgIpc) is 3.15. The monoisotopic (exact) mass is 368 g/mol. The van der Waals surface area contributed by atoms with Gasteiger partial charge in [0.15, 0.2) is 0 Å². The first kappa shape index (κ1) is 17.6. The number of hydrogen-bond donors (Lipinski definition) is 2. The Morgan fingerprint density at radius 3 is 2.69 bits per heavy atom. The minimum absolute atomic E-state index is 0.161. The maximum atomic E-state index is 12.4. The van der Waals surface area contributed by atoms with Crippen LogP contribution in [0.3, 0.4) is 0 Å². The van der Waals surface area contributed by atoms with Crippen molar-refractivity contribution in [3.05, 3.63) is 65.3 Å². The molecule has 7 nitrogen and oxygen atoms in total. The molecule has 132 valence electrons. The smallest absolute Gasteiger partial charge is 0.255 e. The standard InChI is InChI=1S/C18H16N4O3S/c1-25-17-6-5-14(11-19-17)22-18(24)12-3-2-4-13(9-12)21-16(23)10-15-7-8-20-26-15/h2-9,11H,10H2,1H3,(H,21,23)(H,22,24). The number of carbonyl (C=O) groups is 2. The molecule has 3 rings (SSSR count). The lowest BCUT2D eigenvalue weighted by atomic mass is 10.2. The molecule has 3 aromatic rings. The van der Waals surface area contributed by atoms with Crippen molar-refractivity contribution in [1.29, 1.82) is 0 Å². The van der Waals surface area contributed by atoms with Crippen molar-refractivity contribution in [3.8, 4) is 5.88 Å². The number of rotatable bonds is 6. The number of nitrogens with one attached hydrogen (secondary N) is 2. The fraction of sp³-hybridized carbons (Fsp3) is 0.111. The molecule has 0 saturated heterocycles. The van der Waals surface area contributed by atoms with Gasteiger partial charge in [0, 0.05) is 28.4 Å². The summed E-state index contributed by atoms with van der Waals surface area (Å²) in [4.78, 5) is 29.3. The largest absolute Gasteiger partial charge is 0.481 e. The Hall–Kier alpha value is -3.26. The fourth-order valence-corrected chi connectivity index (χ4v) is 2.79. The molecule has 0 fully saturated rings. The summed E-state index contributed by atoms with van der Waals surface area (Å²) in [6.45, 7) is 0. The summed E-state index contributed by atoms with van der Waals surface area (Å²) < 4.78 is 8.95. The van der Waals surface area contributed by atoms with E-state index in [0.29, 0.717) is 22.8 Å². The van der Waals surface area contributed by atoms with Gasteiger partial charge in [0.05, 0.1) is 25.4 Å². The van der Waals surface area contributed by atoms with Gasteiger partial charge in [-0.3, -0.25) is 9.59 Å². The Kier molecular flexibility index (Phi) is 5.55. The van der Waals surface area contributed by atoms with Crippen molar-refractivity contribution in [2.75, 3.05) is 17.7 Å². The molecule has 0 bridgehead atoms. The third-order valence-electron chi connectivity index (χ3n) is 3.44. The number of ether oxygens (including phenoxy) is 1. The van der Waals surface area contributed by atoms with Gasteiger partial charge in [0.25, 0.3) is 5.91 Å². The summed E-state index contributed by atoms with van der Waals surface area (Å²) in [6.07, 6.45) is 3.42. The van der Waals surface area contributed by atoms with Gasteiger partial charge in [-0.05, 0) is 41.9 Å². The van der Waals surface area contributed by atoms with Gasteiger partial charge in [-0.2, -0.15) is 0 Å². The maximum absolute atomic E-state index is 12.4. The average molecular weight is 368 g/mol. The maximum Gasteiger partial charge on any atom is 0.255 e. The van der Waals surface area contributed by atoms with Crippen molar-refractivity contribution >= 4 is 34.7 Å². The van der Waals surface area contributed by atoms with Crippen LogP contribution in [-0.2, 0) is 11.2 Å². The highest BCUT2D eigenvalue weighted by Gasteiger charge is 2.10. The summed E-state index contributed by atoms with van der Waals surface area (Å²) in [5.74, 6) is 0.00957. The molecule has 0 unspecified atom stereocenters. The molecule has 2 heterocycles. The number of hydrogen-bond acceptors (Lipinski definition) is 6. The molecule has 0 aliphatic carbocycles. The zero-order chi connectivity index (χ0) is 18.4. The van der Waals surface area contributed by atoms with E-state index >= 15 is 0 Å². The van der Waals surface area contributed by atoms with Gasteiger partial charge >= 0.3 is 0 Å². The van der Waals surface area contributed by atoms with Crippen LogP contribution in [0.4, 0.5) is 11.4 Å². The highest BCUT2D eigenvalue weighted by Crippen LogP contribution is 2.16. The van der Waals surface area contributed by atoms with Crippen LogP contribution >= 0.6 is 11.5 Å². The van der Waals surface area contributed by atoms with E-state index in [0.717, 1.165) is 4.88 Å². The van der Waals surface area contributed by atoms with Crippen LogP contribution in [0.5, 0.6) is 5.88 Å². The van der Waals surface area contributed by atoms with Gasteiger partial charge < -0.3 is 15.4 Å². The molecule has 26 heavy (non-hydrogen) atoms. The number of aromatic nitrogens is 2. The first-order chi connectivity index (χ1) is 12.6. The second-order valence-corrected chi connectivity index (χ2v) is 6.25. The number of methoxy groups -OCH3 is 1. The molecule has 0 aliphatic rings. The molecule has 8 heteroatoms. The number of amides is 2. The van der Waals surface area contributed by atoms with Gasteiger partial charge in [-0.15, -0.1) is 0 Å². The van der Waals surface area contributed by atoms with Crippen LogP contribution in [0.2, 0.25) is 0 Å². The van der Waals surface area contributed by atoms with Gasteiger partial charge in [0.2, 0.25) is 11.8 Å². The summed E-state index contributed by atoms with van der Waals surface area (Å²) in [6, 6.07) is 11.9. The van der Waals surface area contributed by atoms with Gasteiger partial charge in [-0.25, -0.2) is 9.36 Å². The normalized spacial score (nSPS) is 10.2. The molecule has 2 N–H and O–H groups in total. The lowest BCUT2D eigenvalue weighted by Gasteiger charge is -2.08. The molecule has 2 aromatic heterocycles. The molecular formula is C18H16N4O3S. The van der Waals surface area contributed by atoms with Crippen LogP contribution in [0.15, 0.2) is 54.9 Å². The van der Waals surface area contributed by atoms with Crippen molar-refractivity contribution < 1.29 is 14.3 Å². The van der Waals surface area contributed by atoms with E-state index < -0.39 is 0 Å². The number of anilines is 2. The topological polar surface area (TPSA) is 93.2 Å². The van der Waals surface area contributed by atoms with E-state index in [1.807, 2.05) is 0 Å². The van der Waals surface area contributed by atoms with Crippen molar-refractivity contribution in [2.45, 2.75) is 6.42 Å². The minimum Gasteiger partial charge on any atom is -0.481 e. The predicted octanol–water partition coefficient (Wildman–Crippen LogP) is 2.98. The Balaban J connectivity index is 1.63. The van der Waals surface area contributed by atoms with E-state index in [4.69, 9.17) is 4.74 Å². The van der Waals surface area contributed by atoms with E-state index in [-0.39, 0.29) is 18.2 Å². The second kappa shape index (κ2) is 8.21. The van der Waals surface area contributed by atoms with Crippen LogP contribution in [0.25, 0.3) is 0 Å². The van der Waals surface area contributed by atoms with Crippen LogP contribution in [0.1, 0.15) is 15.2 Å². The van der Waals surface area contributed by atoms with Crippen LogP contribution in [-0.4, -0.2) is 28.3 Å². The third-order valence-corrected chi connectivity index (χ3v) is 4.18. The fourth-order valence-electron chi connectivity index (χ4n) is 2.21. The minimum atomic E-state index is -0.296. The first-order valence-corrected chi connectivity index (χ1v) is 8.52. The molecule has 0 radical (unpaired) electrons. The van der Waals surface area contributed by atoms with Gasteiger partial charge in [-0.1, -0.05) is 6.07 Å². The Morgan fingerprint density at radius 2 is 2.00 bits per heavy atom. The van der Waals surface area contributed by atoms with Crippen LogP contribution in [0, 0.1) is 0 Å². The predicted molar refractivity (Wildman–Crippen MR) is 99.6 cm³/mol. The summed E-state index contributed by atoms with van der Waals surface area (Å²) in [5.41, 5.74) is 1.53. The molecule has 0 atom stereocenters. The zero-order valence-electron chi connectivity index (χ0n) is 13.9. The molecule has 0 saturated carbocycles. The number of pyridine rings is 1. The molecule has 0 spiro atoms. The second-order valence-electron chi connectivity index (χ2n) is 5.33. The first-order valence-electron chi connectivity index (χ1n) is 7.75. The number of carbonyl (C=O) groups excluding carboxylic acids is 2. The highest BCUT2D eigenvalue weighted by atomic mass is 32.1. The molecule has 2 amide bonds. The van der Waals surface area contributed by atoms with Crippen LogP contribution < -0.4 is 15.4 Å². The zero-order valence-corrected chi connectivity index (χ0v) is 14.7. The van der Waals surface area contributed by atoms with Crippen molar-refractivity contribution in [2.24, 2.45) is 0 Å². The summed E-state index contributed by atoms with van der Waals surface area (Å²) >= 11 is 1.28. The van der Waals surface area contributed by atoms with Gasteiger partial charge in [0.1, 0.15) is 0 Å². The van der Waals surface area contributed by atoms with Crippen molar-refractivity contribution in [3.63, 3.8) is 0 Å². The number of benzene rings is 1. The Bertz CT molecular complexity index is 895. The summed E-state index contributed by atoms with van der Waals surface area (Å²) in [7, 11) is 1.52. The number of nitrogens with zero attached hydrogens (tertiary/aromatic N) is 2. The lowest BCUT2D eigenvalue weighted by molar-refractivity contribution is -0.115. The van der Waals surface area contributed by atoms with E-state index in [1.165, 1.54) is 24.8 Å². The van der Waals surface area contributed by atoms with Crippen molar-refractivity contribution in [1.82, 2.24) is 9.36 Å². The highest BCUT2D eigenvalue weighted by molar-refractivity contribution is 7.05. The quantitative estimate of drug-likeness (QED) is 0.698. The van der Waals surface area contributed by atoms with E-state index in [2.05, 4.69) is 20.0 Å². The Labute approximate surface area is 154 Å². The summed E-state index contributed by atoms with van der Waals surface area (Å²) in [5, 5.41) is 5.54. The Morgan fingerprint density at radius 1 is 1.12 bits per heavy atom. The third kappa shape index (κ3) is 4.64. The SMILES string of the molecule is COc1ccc(NC(=O)c2cccc(NC(=O)Cc3ccns3)c2)cn1.